The Morgan fingerprint density at radius 2 is 2.11 bits per heavy atom. The van der Waals surface area contributed by atoms with Crippen molar-refractivity contribution in [3.8, 4) is 5.75 Å². The molecule has 0 unspecified atom stereocenters. The highest BCUT2D eigenvalue weighted by atomic mass is 16.5. The lowest BCUT2D eigenvalue weighted by Gasteiger charge is -1.99. The SMILES string of the molecule is COc1cccc(C=CC(=O)c2ccccn2)c1. The van der Waals surface area contributed by atoms with Crippen molar-refractivity contribution in [2.24, 2.45) is 0 Å². The Balaban J connectivity index is 2.13. The average molecular weight is 239 g/mol. The molecule has 0 N–H and O–H groups in total. The van der Waals surface area contributed by atoms with Crippen molar-refractivity contribution in [2.45, 2.75) is 0 Å². The summed E-state index contributed by atoms with van der Waals surface area (Å²) in [6.07, 6.45) is 4.86. The first-order chi connectivity index (χ1) is 8.79. The largest absolute Gasteiger partial charge is 0.497 e. The zero-order valence-corrected chi connectivity index (χ0v) is 10.0. The van der Waals surface area contributed by atoms with Gasteiger partial charge in [0.1, 0.15) is 11.4 Å². The number of aromatic nitrogens is 1. The van der Waals surface area contributed by atoms with Crippen molar-refractivity contribution < 1.29 is 9.53 Å². The fraction of sp³-hybridized carbons (Fsp3) is 0.0667. The summed E-state index contributed by atoms with van der Waals surface area (Å²) in [6.45, 7) is 0. The van der Waals surface area contributed by atoms with Gasteiger partial charge in [0.25, 0.3) is 0 Å². The van der Waals surface area contributed by atoms with Gasteiger partial charge >= 0.3 is 0 Å². The Kier molecular flexibility index (Phi) is 3.86. The van der Waals surface area contributed by atoms with Crippen molar-refractivity contribution in [3.63, 3.8) is 0 Å². The summed E-state index contributed by atoms with van der Waals surface area (Å²) >= 11 is 0. The third-order valence-electron chi connectivity index (χ3n) is 2.44. The Hall–Kier alpha value is -2.42. The number of nitrogens with zero attached hydrogens (tertiary/aromatic N) is 1. The molecule has 0 saturated heterocycles. The molecule has 3 nitrogen and oxygen atoms in total. The number of carbonyl (C=O) groups is 1. The van der Waals surface area contributed by atoms with Crippen molar-refractivity contribution in [3.05, 3.63) is 66.0 Å². The summed E-state index contributed by atoms with van der Waals surface area (Å²) in [6, 6.07) is 12.8. The van der Waals surface area contributed by atoms with Crippen molar-refractivity contribution >= 4 is 11.9 Å². The summed E-state index contributed by atoms with van der Waals surface area (Å²) in [5, 5.41) is 0. The van der Waals surface area contributed by atoms with Gasteiger partial charge in [-0.3, -0.25) is 9.78 Å². The standard InChI is InChI=1S/C15H13NO2/c1-18-13-6-4-5-12(11-13)8-9-15(17)14-7-2-3-10-16-14/h2-11H,1H3. The number of rotatable bonds is 4. The van der Waals surface area contributed by atoms with Gasteiger partial charge in [-0.05, 0) is 35.9 Å². The highest BCUT2D eigenvalue weighted by molar-refractivity contribution is 6.05. The van der Waals surface area contributed by atoms with Gasteiger partial charge in [-0.15, -0.1) is 0 Å². The molecule has 1 aromatic carbocycles. The lowest BCUT2D eigenvalue weighted by atomic mass is 10.1. The van der Waals surface area contributed by atoms with E-state index in [-0.39, 0.29) is 5.78 Å². The Bertz CT molecular complexity index is 562. The van der Waals surface area contributed by atoms with Crippen LogP contribution in [0.25, 0.3) is 6.08 Å². The van der Waals surface area contributed by atoms with Gasteiger partial charge in [-0.1, -0.05) is 24.3 Å². The zero-order chi connectivity index (χ0) is 12.8. The molecule has 90 valence electrons. The molecular weight excluding hydrogens is 226 g/mol. The number of hydrogen-bond acceptors (Lipinski definition) is 3. The first-order valence-electron chi connectivity index (χ1n) is 5.57. The monoisotopic (exact) mass is 239 g/mol. The number of ketones is 1. The maximum Gasteiger partial charge on any atom is 0.204 e. The van der Waals surface area contributed by atoms with E-state index in [1.54, 1.807) is 37.6 Å². The molecule has 1 aromatic heterocycles. The average Bonchev–Trinajstić information content (AvgIpc) is 2.46. The fourth-order valence-corrected chi connectivity index (χ4v) is 1.51. The van der Waals surface area contributed by atoms with Gasteiger partial charge in [0.05, 0.1) is 7.11 Å². The van der Waals surface area contributed by atoms with Crippen molar-refractivity contribution in [1.29, 1.82) is 0 Å². The van der Waals surface area contributed by atoms with Crippen LogP contribution < -0.4 is 4.74 Å². The first kappa shape index (κ1) is 12.0. The molecule has 0 atom stereocenters. The van der Waals surface area contributed by atoms with Crippen molar-refractivity contribution in [1.82, 2.24) is 4.98 Å². The molecule has 18 heavy (non-hydrogen) atoms. The molecule has 2 rings (SSSR count). The topological polar surface area (TPSA) is 39.2 Å². The van der Waals surface area contributed by atoms with E-state index in [0.29, 0.717) is 5.69 Å². The van der Waals surface area contributed by atoms with Gasteiger partial charge in [0.2, 0.25) is 5.78 Å². The molecule has 0 aliphatic carbocycles. The molecule has 0 aliphatic rings. The van der Waals surface area contributed by atoms with E-state index in [9.17, 15) is 4.79 Å². The molecule has 0 saturated carbocycles. The molecule has 0 bridgehead atoms. The van der Waals surface area contributed by atoms with Gasteiger partial charge in [0, 0.05) is 6.20 Å². The van der Waals surface area contributed by atoms with Crippen LogP contribution in [0.4, 0.5) is 0 Å². The van der Waals surface area contributed by atoms with Gasteiger partial charge in [-0.25, -0.2) is 0 Å². The molecule has 0 aliphatic heterocycles. The molecule has 1 heterocycles. The highest BCUT2D eigenvalue weighted by Crippen LogP contribution is 2.13. The molecule has 3 heteroatoms. The second kappa shape index (κ2) is 5.77. The molecule has 0 spiro atoms. The third kappa shape index (κ3) is 3.04. The minimum absolute atomic E-state index is 0.113. The summed E-state index contributed by atoms with van der Waals surface area (Å²) in [5.41, 5.74) is 1.36. The zero-order valence-electron chi connectivity index (χ0n) is 10.0. The van der Waals surface area contributed by atoms with E-state index in [0.717, 1.165) is 11.3 Å². The number of methoxy groups -OCH3 is 1. The second-order valence-electron chi connectivity index (χ2n) is 3.69. The number of allylic oxidation sites excluding steroid dienone is 1. The molecule has 0 fully saturated rings. The third-order valence-corrected chi connectivity index (χ3v) is 2.44. The minimum Gasteiger partial charge on any atom is -0.497 e. The van der Waals surface area contributed by atoms with Crippen LogP contribution in [0.3, 0.4) is 0 Å². The van der Waals surface area contributed by atoms with Crippen LogP contribution >= 0.6 is 0 Å². The quantitative estimate of drug-likeness (QED) is 0.608. The lowest BCUT2D eigenvalue weighted by Crippen LogP contribution is -1.96. The minimum atomic E-state index is -0.113. The van der Waals surface area contributed by atoms with Gasteiger partial charge in [-0.2, -0.15) is 0 Å². The predicted octanol–water partition coefficient (Wildman–Crippen LogP) is 2.99. The Labute approximate surface area is 106 Å². The van der Waals surface area contributed by atoms with Crippen LogP contribution in [0, 0.1) is 0 Å². The Morgan fingerprint density at radius 3 is 2.83 bits per heavy atom. The Morgan fingerprint density at radius 1 is 1.22 bits per heavy atom. The maximum absolute atomic E-state index is 11.8. The smallest absolute Gasteiger partial charge is 0.204 e. The van der Waals surface area contributed by atoms with E-state index >= 15 is 0 Å². The summed E-state index contributed by atoms with van der Waals surface area (Å²) in [4.78, 5) is 15.8. The van der Waals surface area contributed by atoms with E-state index < -0.39 is 0 Å². The van der Waals surface area contributed by atoms with Gasteiger partial charge in [0.15, 0.2) is 0 Å². The van der Waals surface area contributed by atoms with Crippen LogP contribution in [0.2, 0.25) is 0 Å². The number of ether oxygens (including phenoxy) is 1. The number of carbonyl (C=O) groups excluding carboxylic acids is 1. The summed E-state index contributed by atoms with van der Waals surface area (Å²) in [5.74, 6) is 0.654. The van der Waals surface area contributed by atoms with Crippen LogP contribution in [-0.4, -0.2) is 17.9 Å². The van der Waals surface area contributed by atoms with Crippen LogP contribution in [0.5, 0.6) is 5.75 Å². The normalized spacial score (nSPS) is 10.5. The number of hydrogen-bond donors (Lipinski definition) is 0. The first-order valence-corrected chi connectivity index (χ1v) is 5.57. The fourth-order valence-electron chi connectivity index (χ4n) is 1.51. The highest BCUT2D eigenvalue weighted by Gasteiger charge is 2.01. The molecule has 0 radical (unpaired) electrons. The van der Waals surface area contributed by atoms with Crippen molar-refractivity contribution in [2.75, 3.05) is 7.11 Å². The van der Waals surface area contributed by atoms with E-state index in [1.807, 2.05) is 24.3 Å². The van der Waals surface area contributed by atoms with E-state index in [1.165, 1.54) is 6.08 Å². The predicted molar refractivity (Wildman–Crippen MR) is 70.6 cm³/mol. The number of benzene rings is 1. The molecule has 0 amide bonds. The maximum atomic E-state index is 11.8. The number of pyridine rings is 1. The lowest BCUT2D eigenvalue weighted by molar-refractivity contribution is 0.104. The molecule has 2 aromatic rings. The second-order valence-corrected chi connectivity index (χ2v) is 3.69. The van der Waals surface area contributed by atoms with E-state index in [4.69, 9.17) is 4.74 Å². The van der Waals surface area contributed by atoms with Crippen LogP contribution in [-0.2, 0) is 0 Å². The molecular formula is C15H13NO2. The summed E-state index contributed by atoms with van der Waals surface area (Å²) in [7, 11) is 1.61. The van der Waals surface area contributed by atoms with Crippen LogP contribution in [0.15, 0.2) is 54.7 Å². The summed E-state index contributed by atoms with van der Waals surface area (Å²) < 4.78 is 5.12. The van der Waals surface area contributed by atoms with E-state index in [2.05, 4.69) is 4.98 Å². The van der Waals surface area contributed by atoms with Gasteiger partial charge < -0.3 is 4.74 Å². The van der Waals surface area contributed by atoms with Crippen LogP contribution in [0.1, 0.15) is 16.1 Å².